The van der Waals surface area contributed by atoms with E-state index in [2.05, 4.69) is 35.0 Å². The van der Waals surface area contributed by atoms with Gasteiger partial charge in [-0.15, -0.1) is 11.3 Å². The Hall–Kier alpha value is -1.32. The third-order valence-electron chi connectivity index (χ3n) is 3.65. The second-order valence-corrected chi connectivity index (χ2v) is 6.00. The summed E-state index contributed by atoms with van der Waals surface area (Å²) in [7, 11) is 1.73. The zero-order valence-corrected chi connectivity index (χ0v) is 12.0. The van der Waals surface area contributed by atoms with E-state index in [0.717, 1.165) is 18.2 Å². The molecule has 1 N–H and O–H groups in total. The maximum Gasteiger partial charge on any atom is 0.123 e. The van der Waals surface area contributed by atoms with Crippen molar-refractivity contribution in [1.29, 1.82) is 0 Å². The van der Waals surface area contributed by atoms with E-state index < -0.39 is 0 Å². The second-order valence-electron chi connectivity index (χ2n) is 5.02. The average molecular weight is 273 g/mol. The molecule has 19 heavy (non-hydrogen) atoms. The first kappa shape index (κ1) is 12.7. The Morgan fingerprint density at radius 1 is 1.26 bits per heavy atom. The zero-order chi connectivity index (χ0) is 13.1. The first-order valence-corrected chi connectivity index (χ1v) is 7.65. The summed E-state index contributed by atoms with van der Waals surface area (Å²) in [6.45, 7) is 0.864. The molecular weight excluding hydrogens is 254 g/mol. The monoisotopic (exact) mass is 273 g/mol. The fraction of sp³-hybridized carbons (Fsp3) is 0.375. The molecule has 0 amide bonds. The van der Waals surface area contributed by atoms with Crippen LogP contribution < -0.4 is 10.1 Å². The Morgan fingerprint density at radius 3 is 2.79 bits per heavy atom. The summed E-state index contributed by atoms with van der Waals surface area (Å²) in [5, 5.41) is 5.87. The maximum absolute atomic E-state index is 5.41. The molecule has 2 nitrogen and oxygen atoms in total. The van der Waals surface area contributed by atoms with Crippen molar-refractivity contribution in [3.8, 4) is 5.75 Å². The van der Waals surface area contributed by atoms with E-state index in [-0.39, 0.29) is 0 Å². The first-order valence-electron chi connectivity index (χ1n) is 6.77. The van der Waals surface area contributed by atoms with Crippen molar-refractivity contribution in [2.75, 3.05) is 7.11 Å². The van der Waals surface area contributed by atoms with Gasteiger partial charge in [0.25, 0.3) is 0 Å². The van der Waals surface area contributed by atoms with Crippen molar-refractivity contribution in [2.45, 2.75) is 25.4 Å². The molecule has 3 heteroatoms. The highest BCUT2D eigenvalue weighted by atomic mass is 32.1. The van der Waals surface area contributed by atoms with Crippen LogP contribution in [0.1, 0.15) is 29.3 Å². The van der Waals surface area contributed by atoms with Gasteiger partial charge in [-0.25, -0.2) is 0 Å². The minimum atomic E-state index is 0.505. The third kappa shape index (κ3) is 2.99. The van der Waals surface area contributed by atoms with E-state index >= 15 is 0 Å². The lowest BCUT2D eigenvalue weighted by Crippen LogP contribution is -2.22. The van der Waals surface area contributed by atoms with Crippen LogP contribution in [-0.4, -0.2) is 7.11 Å². The fourth-order valence-electron chi connectivity index (χ4n) is 2.47. The molecule has 1 aromatic heterocycles. The van der Waals surface area contributed by atoms with Crippen molar-refractivity contribution >= 4 is 11.3 Å². The fourth-order valence-corrected chi connectivity index (χ4v) is 3.36. The van der Waals surface area contributed by atoms with Crippen LogP contribution in [0.2, 0.25) is 0 Å². The van der Waals surface area contributed by atoms with Gasteiger partial charge in [-0.2, -0.15) is 0 Å². The Bertz CT molecular complexity index is 519. The van der Waals surface area contributed by atoms with Crippen molar-refractivity contribution in [2.24, 2.45) is 5.92 Å². The molecule has 1 aliphatic carbocycles. The van der Waals surface area contributed by atoms with Crippen LogP contribution >= 0.6 is 11.3 Å². The molecule has 1 saturated carbocycles. The molecule has 1 fully saturated rings. The van der Waals surface area contributed by atoms with E-state index in [0.29, 0.717) is 6.04 Å². The zero-order valence-electron chi connectivity index (χ0n) is 11.1. The Balaban J connectivity index is 1.70. The van der Waals surface area contributed by atoms with Gasteiger partial charge in [-0.3, -0.25) is 0 Å². The number of hydrogen-bond donors (Lipinski definition) is 1. The highest BCUT2D eigenvalue weighted by Crippen LogP contribution is 2.42. The third-order valence-corrected chi connectivity index (χ3v) is 4.60. The molecule has 1 unspecified atom stereocenters. The molecular formula is C16H19NOS. The van der Waals surface area contributed by atoms with Crippen LogP contribution in [-0.2, 0) is 6.54 Å². The van der Waals surface area contributed by atoms with E-state index in [4.69, 9.17) is 4.74 Å². The van der Waals surface area contributed by atoms with E-state index in [1.807, 2.05) is 23.5 Å². The Morgan fingerprint density at radius 2 is 2.11 bits per heavy atom. The van der Waals surface area contributed by atoms with Crippen LogP contribution in [0.15, 0.2) is 41.8 Å². The van der Waals surface area contributed by atoms with Crippen LogP contribution in [0.4, 0.5) is 0 Å². The van der Waals surface area contributed by atoms with Gasteiger partial charge in [0.2, 0.25) is 0 Å². The van der Waals surface area contributed by atoms with Gasteiger partial charge < -0.3 is 10.1 Å². The highest BCUT2D eigenvalue weighted by Gasteiger charge is 2.32. The van der Waals surface area contributed by atoms with Crippen molar-refractivity contribution < 1.29 is 4.74 Å². The molecule has 1 atom stereocenters. The smallest absolute Gasteiger partial charge is 0.123 e. The molecule has 3 rings (SSSR count). The van der Waals surface area contributed by atoms with Gasteiger partial charge in [-0.05, 0) is 36.3 Å². The van der Waals surface area contributed by atoms with Crippen LogP contribution in [0.5, 0.6) is 5.75 Å². The topological polar surface area (TPSA) is 21.3 Å². The first-order chi connectivity index (χ1) is 9.38. The van der Waals surface area contributed by atoms with Crippen LogP contribution in [0.25, 0.3) is 0 Å². The lowest BCUT2D eigenvalue weighted by atomic mass is 10.1. The standard InChI is InChI=1S/C16H19NOS/c1-18-14-6-3-2-5-13(14)11-17-16(12-8-9-12)15-7-4-10-19-15/h2-7,10,12,16-17H,8-9,11H2,1H3. The van der Waals surface area contributed by atoms with Crippen molar-refractivity contribution in [3.63, 3.8) is 0 Å². The number of benzene rings is 1. The Kier molecular flexibility index (Phi) is 3.85. The van der Waals surface area contributed by atoms with Gasteiger partial charge in [0.15, 0.2) is 0 Å². The summed E-state index contributed by atoms with van der Waals surface area (Å²) >= 11 is 1.85. The van der Waals surface area contributed by atoms with E-state index in [9.17, 15) is 0 Å². The molecule has 100 valence electrons. The molecule has 0 aliphatic heterocycles. The predicted octanol–water partition coefficient (Wildman–Crippen LogP) is 4.00. The lowest BCUT2D eigenvalue weighted by Gasteiger charge is -2.18. The summed E-state index contributed by atoms with van der Waals surface area (Å²) in [6, 6.07) is 13.1. The van der Waals surface area contributed by atoms with Crippen molar-refractivity contribution in [1.82, 2.24) is 5.32 Å². The minimum Gasteiger partial charge on any atom is -0.496 e. The maximum atomic E-state index is 5.41. The van der Waals surface area contributed by atoms with Crippen LogP contribution in [0, 0.1) is 5.92 Å². The van der Waals surface area contributed by atoms with E-state index in [1.165, 1.54) is 23.3 Å². The molecule has 1 heterocycles. The van der Waals surface area contributed by atoms with Gasteiger partial charge >= 0.3 is 0 Å². The quantitative estimate of drug-likeness (QED) is 0.859. The largest absolute Gasteiger partial charge is 0.496 e. The molecule has 1 aliphatic rings. The number of methoxy groups -OCH3 is 1. The molecule has 0 bridgehead atoms. The molecule has 0 radical (unpaired) electrons. The molecule has 0 saturated heterocycles. The van der Waals surface area contributed by atoms with E-state index in [1.54, 1.807) is 7.11 Å². The van der Waals surface area contributed by atoms with Gasteiger partial charge in [0.1, 0.15) is 5.75 Å². The molecule has 1 aromatic carbocycles. The number of nitrogens with one attached hydrogen (secondary N) is 1. The highest BCUT2D eigenvalue weighted by molar-refractivity contribution is 7.10. The number of ether oxygens (including phenoxy) is 1. The van der Waals surface area contributed by atoms with Crippen molar-refractivity contribution in [3.05, 3.63) is 52.2 Å². The summed E-state index contributed by atoms with van der Waals surface area (Å²) < 4.78 is 5.41. The number of thiophene rings is 1. The summed E-state index contributed by atoms with van der Waals surface area (Å²) in [5.74, 6) is 1.78. The second kappa shape index (κ2) is 5.76. The average Bonchev–Trinajstić information content (AvgIpc) is 3.14. The van der Waals surface area contributed by atoms with Gasteiger partial charge in [0, 0.05) is 23.0 Å². The molecule has 0 spiro atoms. The SMILES string of the molecule is COc1ccccc1CNC(c1cccs1)C1CC1. The summed E-state index contributed by atoms with van der Waals surface area (Å²) in [5.41, 5.74) is 1.23. The summed E-state index contributed by atoms with van der Waals surface area (Å²) in [6.07, 6.45) is 2.70. The number of hydrogen-bond acceptors (Lipinski definition) is 3. The van der Waals surface area contributed by atoms with Gasteiger partial charge in [0.05, 0.1) is 7.11 Å². The van der Waals surface area contributed by atoms with Crippen LogP contribution in [0.3, 0.4) is 0 Å². The number of rotatable bonds is 6. The minimum absolute atomic E-state index is 0.505. The van der Waals surface area contributed by atoms with Gasteiger partial charge in [-0.1, -0.05) is 24.3 Å². The normalized spacial score (nSPS) is 16.3. The molecule has 2 aromatic rings. The number of para-hydroxylation sites is 1. The lowest BCUT2D eigenvalue weighted by molar-refractivity contribution is 0.403. The summed E-state index contributed by atoms with van der Waals surface area (Å²) in [4.78, 5) is 1.46. The Labute approximate surface area is 118 Å². The predicted molar refractivity (Wildman–Crippen MR) is 79.6 cm³/mol.